The molecule has 1 aromatic carbocycles. The van der Waals surface area contributed by atoms with E-state index in [1.54, 1.807) is 0 Å². The first kappa shape index (κ1) is 16.9. The van der Waals surface area contributed by atoms with Gasteiger partial charge in [-0.1, -0.05) is 12.1 Å². The van der Waals surface area contributed by atoms with E-state index < -0.39 is 24.1 Å². The van der Waals surface area contributed by atoms with Gasteiger partial charge >= 0.3 is 64.0 Å². The molecule has 0 N–H and O–H groups in total. The number of hydrogen-bond donors (Lipinski definition) is 0. The zero-order chi connectivity index (χ0) is 12.3. The summed E-state index contributed by atoms with van der Waals surface area (Å²) in [5.41, 5.74) is -0.158. The predicted molar refractivity (Wildman–Crippen MR) is 52.4 cm³/mol. The quantitative estimate of drug-likeness (QED) is 0.429. The predicted octanol–water partition coefficient (Wildman–Crippen LogP) is -0.327. The largest absolute Gasteiger partial charge is 1.00 e. The molecule has 0 saturated carbocycles. The fourth-order valence-corrected chi connectivity index (χ4v) is 1.15. The fourth-order valence-electron chi connectivity index (χ4n) is 1.15. The number of rotatable bonds is 4. The van der Waals surface area contributed by atoms with E-state index in [2.05, 4.69) is 4.74 Å². The smallest absolute Gasteiger partial charge is 0.516 e. The van der Waals surface area contributed by atoms with Crippen molar-refractivity contribution >= 4 is 12.7 Å². The summed E-state index contributed by atoms with van der Waals surface area (Å²) in [6.45, 7) is -5.15. The first-order valence-corrected chi connectivity index (χ1v) is 4.39. The molecule has 1 rings (SSSR count). The Morgan fingerprint density at radius 1 is 1.41 bits per heavy atom. The SMILES string of the molecule is Cc1cccc([N+](=O)[O-])c1OC[B-](F)(F)F.[K+]. The number of nitro groups is 1. The van der Waals surface area contributed by atoms with Gasteiger partial charge in [0.1, 0.15) is 0 Å². The topological polar surface area (TPSA) is 52.4 Å². The van der Waals surface area contributed by atoms with Crippen LogP contribution in [0, 0.1) is 17.0 Å². The van der Waals surface area contributed by atoms with Gasteiger partial charge in [0.2, 0.25) is 0 Å². The molecule has 1 aromatic rings. The van der Waals surface area contributed by atoms with E-state index in [1.165, 1.54) is 19.1 Å². The normalized spacial score (nSPS) is 10.6. The molecule has 0 atom stereocenters. The van der Waals surface area contributed by atoms with Crippen LogP contribution in [0.2, 0.25) is 0 Å². The summed E-state index contributed by atoms with van der Waals surface area (Å²) in [4.78, 5) is 9.78. The van der Waals surface area contributed by atoms with Gasteiger partial charge in [-0.15, -0.1) is 0 Å². The summed E-state index contributed by atoms with van der Waals surface area (Å²) in [6.07, 6.45) is 0. The Labute approximate surface area is 138 Å². The molecule has 0 aliphatic heterocycles. The summed E-state index contributed by atoms with van der Waals surface area (Å²) in [7, 11) is 0. The molecule has 17 heavy (non-hydrogen) atoms. The molecular formula is C8H8BF3KNO3. The number of nitro benzene ring substituents is 1. The molecule has 0 fully saturated rings. The third-order valence-corrected chi connectivity index (χ3v) is 1.80. The van der Waals surface area contributed by atoms with Crippen LogP contribution in [0.1, 0.15) is 5.56 Å². The summed E-state index contributed by atoms with van der Waals surface area (Å²) >= 11 is 0. The minimum Gasteiger partial charge on any atom is -0.516 e. The van der Waals surface area contributed by atoms with Crippen molar-refractivity contribution in [2.75, 3.05) is 6.51 Å². The van der Waals surface area contributed by atoms with E-state index in [1.807, 2.05) is 0 Å². The van der Waals surface area contributed by atoms with Crippen LogP contribution >= 0.6 is 0 Å². The zero-order valence-electron chi connectivity index (χ0n) is 9.32. The number of aryl methyl sites for hydroxylation is 1. The van der Waals surface area contributed by atoms with Gasteiger partial charge in [0.15, 0.2) is 5.75 Å². The van der Waals surface area contributed by atoms with Gasteiger partial charge in [0.25, 0.3) is 0 Å². The molecule has 0 bridgehead atoms. The Morgan fingerprint density at radius 2 is 2.00 bits per heavy atom. The summed E-state index contributed by atoms with van der Waals surface area (Å²) in [5, 5.41) is 10.5. The number of para-hydroxylation sites is 1. The maximum Gasteiger partial charge on any atom is 1.00 e. The van der Waals surface area contributed by atoms with E-state index in [4.69, 9.17) is 0 Å². The van der Waals surface area contributed by atoms with E-state index in [0.717, 1.165) is 6.07 Å². The number of ether oxygens (including phenoxy) is 1. The van der Waals surface area contributed by atoms with Crippen molar-refractivity contribution in [1.29, 1.82) is 0 Å². The maximum absolute atomic E-state index is 12.0. The van der Waals surface area contributed by atoms with E-state index >= 15 is 0 Å². The van der Waals surface area contributed by atoms with Crippen molar-refractivity contribution in [3.05, 3.63) is 33.9 Å². The van der Waals surface area contributed by atoms with Gasteiger partial charge < -0.3 is 17.7 Å². The van der Waals surface area contributed by atoms with Crippen LogP contribution in [0.4, 0.5) is 18.6 Å². The first-order chi connectivity index (χ1) is 7.31. The van der Waals surface area contributed by atoms with Crippen LogP contribution in [-0.4, -0.2) is 18.4 Å². The molecule has 4 nitrogen and oxygen atoms in total. The number of halogens is 3. The molecule has 0 spiro atoms. The Balaban J connectivity index is 0.00000256. The third-order valence-electron chi connectivity index (χ3n) is 1.80. The standard InChI is InChI=1S/C8H8BF3NO3.K/c1-6-3-2-4-7(13(14)15)8(6)16-5-9(10,11)12;/h2-4H,5H2,1H3;/q-1;+1. The number of hydrogen-bond acceptors (Lipinski definition) is 3. The zero-order valence-corrected chi connectivity index (χ0v) is 12.4. The number of nitrogens with zero attached hydrogens (tertiary/aromatic N) is 1. The first-order valence-electron chi connectivity index (χ1n) is 4.39. The third kappa shape index (κ3) is 5.39. The van der Waals surface area contributed by atoms with Crippen LogP contribution in [0.15, 0.2) is 18.2 Å². The maximum atomic E-state index is 12.0. The van der Waals surface area contributed by atoms with E-state index in [0.29, 0.717) is 5.56 Å². The molecule has 0 amide bonds. The van der Waals surface area contributed by atoms with Crippen LogP contribution in [0.25, 0.3) is 0 Å². The van der Waals surface area contributed by atoms with Crippen LogP contribution in [0.5, 0.6) is 5.75 Å². The van der Waals surface area contributed by atoms with Crippen molar-refractivity contribution in [3.63, 3.8) is 0 Å². The number of benzene rings is 1. The molecule has 88 valence electrons. The van der Waals surface area contributed by atoms with Gasteiger partial charge in [-0.2, -0.15) is 0 Å². The second-order valence-electron chi connectivity index (χ2n) is 3.20. The van der Waals surface area contributed by atoms with E-state index in [9.17, 15) is 23.1 Å². The summed E-state index contributed by atoms with van der Waals surface area (Å²) in [5.74, 6) is -0.327. The summed E-state index contributed by atoms with van der Waals surface area (Å²) < 4.78 is 40.4. The molecule has 0 saturated heterocycles. The average molecular weight is 273 g/mol. The average Bonchev–Trinajstić information content (AvgIpc) is 2.13. The van der Waals surface area contributed by atoms with Gasteiger partial charge in [-0.3, -0.25) is 10.1 Å². The Kier molecular flexibility index (Phi) is 6.70. The molecule has 9 heteroatoms. The van der Waals surface area contributed by atoms with Crippen molar-refractivity contribution in [3.8, 4) is 5.75 Å². The van der Waals surface area contributed by atoms with Gasteiger partial charge in [0, 0.05) is 6.07 Å². The van der Waals surface area contributed by atoms with Crippen molar-refractivity contribution in [1.82, 2.24) is 0 Å². The van der Waals surface area contributed by atoms with Crippen molar-refractivity contribution in [2.24, 2.45) is 0 Å². The van der Waals surface area contributed by atoms with Crippen LogP contribution in [0.3, 0.4) is 0 Å². The van der Waals surface area contributed by atoms with Crippen LogP contribution in [-0.2, 0) is 0 Å². The Hall–Kier alpha value is -0.0887. The fraction of sp³-hybridized carbons (Fsp3) is 0.250. The summed E-state index contributed by atoms with van der Waals surface area (Å²) in [6, 6.07) is 3.94. The molecule has 0 radical (unpaired) electrons. The molecule has 0 aliphatic carbocycles. The molecule has 0 unspecified atom stereocenters. The minimum absolute atomic E-state index is 0. The molecule has 0 aromatic heterocycles. The second-order valence-corrected chi connectivity index (χ2v) is 3.20. The molecular weight excluding hydrogens is 265 g/mol. The molecule has 0 heterocycles. The second kappa shape index (κ2) is 6.74. The van der Waals surface area contributed by atoms with Crippen molar-refractivity contribution in [2.45, 2.75) is 6.92 Å². The van der Waals surface area contributed by atoms with Gasteiger partial charge in [-0.05, 0) is 12.5 Å². The Morgan fingerprint density at radius 3 is 2.47 bits per heavy atom. The minimum atomic E-state index is -5.12. The van der Waals surface area contributed by atoms with Gasteiger partial charge in [0.05, 0.1) is 11.4 Å². The van der Waals surface area contributed by atoms with Gasteiger partial charge in [-0.25, -0.2) is 0 Å². The van der Waals surface area contributed by atoms with Crippen molar-refractivity contribution < 1.29 is 74.0 Å². The monoisotopic (exact) mass is 273 g/mol. The Bertz CT molecular complexity index is 413. The van der Waals surface area contributed by atoms with Crippen LogP contribution < -0.4 is 56.1 Å². The molecule has 0 aliphatic rings. The van der Waals surface area contributed by atoms with E-state index in [-0.39, 0.29) is 57.1 Å².